The van der Waals surface area contributed by atoms with Crippen molar-refractivity contribution >= 4 is 5.69 Å². The lowest BCUT2D eigenvalue weighted by atomic mass is 10.1. The molecule has 0 spiro atoms. The van der Waals surface area contributed by atoms with Gasteiger partial charge in [0, 0.05) is 24.7 Å². The lowest BCUT2D eigenvalue weighted by molar-refractivity contribution is -0.384. The second-order valence-electron chi connectivity index (χ2n) is 3.56. The van der Waals surface area contributed by atoms with E-state index in [4.69, 9.17) is 0 Å². The van der Waals surface area contributed by atoms with Gasteiger partial charge in [-0.15, -0.1) is 0 Å². The van der Waals surface area contributed by atoms with Crippen molar-refractivity contribution < 1.29 is 4.92 Å². The van der Waals surface area contributed by atoms with E-state index in [1.54, 1.807) is 18.3 Å². The monoisotopic (exact) mass is 217 g/mol. The number of imidazole rings is 1. The van der Waals surface area contributed by atoms with E-state index in [1.165, 1.54) is 6.07 Å². The molecule has 5 heteroatoms. The van der Waals surface area contributed by atoms with Crippen molar-refractivity contribution in [3.8, 4) is 11.3 Å². The normalized spacial score (nSPS) is 10.4. The quantitative estimate of drug-likeness (QED) is 0.572. The topological polar surface area (TPSA) is 61.0 Å². The van der Waals surface area contributed by atoms with Gasteiger partial charge in [0.1, 0.15) is 5.82 Å². The Kier molecular flexibility index (Phi) is 2.44. The summed E-state index contributed by atoms with van der Waals surface area (Å²) in [5.41, 5.74) is 1.77. The first-order valence-corrected chi connectivity index (χ1v) is 4.83. The molecule has 0 saturated carbocycles. The summed E-state index contributed by atoms with van der Waals surface area (Å²) in [5, 5.41) is 10.7. The van der Waals surface area contributed by atoms with Crippen LogP contribution in [0.2, 0.25) is 0 Å². The molecule has 0 N–H and O–H groups in total. The summed E-state index contributed by atoms with van der Waals surface area (Å²) in [7, 11) is 1.89. The third-order valence-electron chi connectivity index (χ3n) is 2.57. The SMILES string of the molecule is Cc1ncc(-c2cccc([N+](=O)[O-])c2)n1C. The second kappa shape index (κ2) is 3.77. The minimum Gasteiger partial charge on any atom is -0.331 e. The summed E-state index contributed by atoms with van der Waals surface area (Å²) in [6.07, 6.45) is 1.72. The van der Waals surface area contributed by atoms with Crippen LogP contribution in [0.3, 0.4) is 0 Å². The van der Waals surface area contributed by atoms with Gasteiger partial charge in [-0.1, -0.05) is 12.1 Å². The van der Waals surface area contributed by atoms with E-state index in [9.17, 15) is 10.1 Å². The first kappa shape index (κ1) is 10.4. The van der Waals surface area contributed by atoms with Crippen molar-refractivity contribution in [1.29, 1.82) is 0 Å². The maximum absolute atomic E-state index is 10.7. The maximum Gasteiger partial charge on any atom is 0.270 e. The average molecular weight is 217 g/mol. The number of non-ortho nitro benzene ring substituents is 1. The van der Waals surface area contributed by atoms with Crippen LogP contribution in [0, 0.1) is 17.0 Å². The van der Waals surface area contributed by atoms with E-state index < -0.39 is 4.92 Å². The molecule has 0 aliphatic carbocycles. The van der Waals surface area contributed by atoms with Gasteiger partial charge in [0.05, 0.1) is 16.8 Å². The van der Waals surface area contributed by atoms with Crippen molar-refractivity contribution in [3.63, 3.8) is 0 Å². The molecular formula is C11H11N3O2. The molecule has 0 saturated heterocycles. The van der Waals surface area contributed by atoms with Crippen LogP contribution in [0.25, 0.3) is 11.3 Å². The first-order valence-electron chi connectivity index (χ1n) is 4.83. The zero-order valence-corrected chi connectivity index (χ0v) is 9.04. The van der Waals surface area contributed by atoms with Crippen LogP contribution >= 0.6 is 0 Å². The van der Waals surface area contributed by atoms with Gasteiger partial charge in [-0.2, -0.15) is 0 Å². The predicted molar refractivity (Wildman–Crippen MR) is 60.0 cm³/mol. The van der Waals surface area contributed by atoms with Gasteiger partial charge in [-0.05, 0) is 6.92 Å². The number of aromatic nitrogens is 2. The Morgan fingerprint density at radius 1 is 1.44 bits per heavy atom. The summed E-state index contributed by atoms with van der Waals surface area (Å²) in [6.45, 7) is 1.89. The maximum atomic E-state index is 10.7. The van der Waals surface area contributed by atoms with Crippen LogP contribution in [0.1, 0.15) is 5.82 Å². The molecule has 2 aromatic rings. The number of rotatable bonds is 2. The van der Waals surface area contributed by atoms with Crippen molar-refractivity contribution in [1.82, 2.24) is 9.55 Å². The van der Waals surface area contributed by atoms with Crippen LogP contribution in [0.5, 0.6) is 0 Å². The summed E-state index contributed by atoms with van der Waals surface area (Å²) < 4.78 is 1.90. The Labute approximate surface area is 92.5 Å². The van der Waals surface area contributed by atoms with E-state index in [1.807, 2.05) is 24.6 Å². The van der Waals surface area contributed by atoms with Crippen molar-refractivity contribution in [2.24, 2.45) is 7.05 Å². The molecule has 1 aromatic heterocycles. The third kappa shape index (κ3) is 1.67. The highest BCUT2D eigenvalue weighted by Gasteiger charge is 2.10. The summed E-state index contributed by atoms with van der Waals surface area (Å²) in [6, 6.07) is 6.54. The number of nitro groups is 1. The molecule has 0 aliphatic heterocycles. The summed E-state index contributed by atoms with van der Waals surface area (Å²) in [5.74, 6) is 0.876. The Bertz CT molecular complexity index is 546. The van der Waals surface area contributed by atoms with Crippen LogP contribution in [0.15, 0.2) is 30.5 Å². The molecule has 82 valence electrons. The van der Waals surface area contributed by atoms with Gasteiger partial charge in [0.25, 0.3) is 5.69 Å². The molecule has 0 aliphatic rings. The first-order chi connectivity index (χ1) is 7.59. The molecule has 0 fully saturated rings. The van der Waals surface area contributed by atoms with Gasteiger partial charge in [-0.25, -0.2) is 4.98 Å². The second-order valence-corrected chi connectivity index (χ2v) is 3.56. The van der Waals surface area contributed by atoms with Gasteiger partial charge < -0.3 is 4.57 Å². The van der Waals surface area contributed by atoms with E-state index >= 15 is 0 Å². The largest absolute Gasteiger partial charge is 0.331 e. The summed E-state index contributed by atoms with van der Waals surface area (Å²) >= 11 is 0. The van der Waals surface area contributed by atoms with Gasteiger partial charge in [0.2, 0.25) is 0 Å². The third-order valence-corrected chi connectivity index (χ3v) is 2.57. The standard InChI is InChI=1S/C11H11N3O2/c1-8-12-7-11(13(8)2)9-4-3-5-10(6-9)14(15)16/h3-7H,1-2H3. The van der Waals surface area contributed by atoms with Gasteiger partial charge in [0.15, 0.2) is 0 Å². The molecule has 1 aromatic carbocycles. The smallest absolute Gasteiger partial charge is 0.270 e. The molecule has 0 atom stereocenters. The van der Waals surface area contributed by atoms with Crippen molar-refractivity contribution in [3.05, 3.63) is 46.4 Å². The van der Waals surface area contributed by atoms with Gasteiger partial charge >= 0.3 is 0 Å². The predicted octanol–water partition coefficient (Wildman–Crippen LogP) is 2.30. The number of nitrogens with zero attached hydrogens (tertiary/aromatic N) is 3. The molecule has 0 bridgehead atoms. The highest BCUT2D eigenvalue weighted by Crippen LogP contribution is 2.23. The lowest BCUT2D eigenvalue weighted by Gasteiger charge is -2.03. The summed E-state index contributed by atoms with van der Waals surface area (Å²) in [4.78, 5) is 14.4. The number of aryl methyl sites for hydroxylation is 1. The van der Waals surface area contributed by atoms with Crippen LogP contribution in [-0.2, 0) is 7.05 Å². The van der Waals surface area contributed by atoms with E-state index in [-0.39, 0.29) is 5.69 Å². The Morgan fingerprint density at radius 3 is 2.75 bits per heavy atom. The fourth-order valence-electron chi connectivity index (χ4n) is 1.55. The lowest BCUT2D eigenvalue weighted by Crippen LogP contribution is -1.95. The number of hydrogen-bond acceptors (Lipinski definition) is 3. The van der Waals surface area contributed by atoms with Crippen molar-refractivity contribution in [2.45, 2.75) is 6.92 Å². The molecule has 0 amide bonds. The molecule has 2 rings (SSSR count). The highest BCUT2D eigenvalue weighted by molar-refractivity contribution is 5.62. The van der Waals surface area contributed by atoms with Crippen LogP contribution < -0.4 is 0 Å². The number of hydrogen-bond donors (Lipinski definition) is 0. The fourth-order valence-corrected chi connectivity index (χ4v) is 1.55. The van der Waals surface area contributed by atoms with E-state index in [2.05, 4.69) is 4.98 Å². The van der Waals surface area contributed by atoms with Crippen molar-refractivity contribution in [2.75, 3.05) is 0 Å². The zero-order chi connectivity index (χ0) is 11.7. The molecule has 0 unspecified atom stereocenters. The molecule has 1 heterocycles. The number of nitro benzene ring substituents is 1. The average Bonchev–Trinajstić information content (AvgIpc) is 2.60. The minimum atomic E-state index is -0.396. The molecular weight excluding hydrogens is 206 g/mol. The Hall–Kier alpha value is -2.17. The Morgan fingerprint density at radius 2 is 2.19 bits per heavy atom. The van der Waals surface area contributed by atoms with E-state index in [0.29, 0.717) is 0 Å². The molecule has 5 nitrogen and oxygen atoms in total. The number of benzene rings is 1. The fraction of sp³-hybridized carbons (Fsp3) is 0.182. The minimum absolute atomic E-state index is 0.0938. The molecule has 0 radical (unpaired) electrons. The van der Waals surface area contributed by atoms with E-state index in [0.717, 1.165) is 17.1 Å². The molecule has 16 heavy (non-hydrogen) atoms. The Balaban J connectivity index is 2.52. The highest BCUT2D eigenvalue weighted by atomic mass is 16.6. The van der Waals surface area contributed by atoms with Gasteiger partial charge in [-0.3, -0.25) is 10.1 Å². The van der Waals surface area contributed by atoms with Crippen LogP contribution in [0.4, 0.5) is 5.69 Å². The zero-order valence-electron chi connectivity index (χ0n) is 9.04. The van der Waals surface area contributed by atoms with Crippen LogP contribution in [-0.4, -0.2) is 14.5 Å².